The number of phenolic OH excluding ortho intramolecular Hbond substituents is 1. The maximum absolute atomic E-state index is 12.9. The molecule has 1 aromatic rings. The third-order valence-electron chi connectivity index (χ3n) is 1.52. The van der Waals surface area contributed by atoms with Gasteiger partial charge in [0.1, 0.15) is 17.4 Å². The summed E-state index contributed by atoms with van der Waals surface area (Å²) in [5.41, 5.74) is 5.10. The molecule has 1 unspecified atom stereocenters. The van der Waals surface area contributed by atoms with E-state index in [4.69, 9.17) is 10.8 Å². The summed E-state index contributed by atoms with van der Waals surface area (Å²) < 4.78 is 25.8. The Kier molecular flexibility index (Phi) is 2.28. The minimum absolute atomic E-state index is 0.201. The van der Waals surface area contributed by atoms with Crippen LogP contribution in [-0.2, 0) is 0 Å². The maximum Gasteiger partial charge on any atom is 0.134 e. The highest BCUT2D eigenvalue weighted by Crippen LogP contribution is 2.23. The van der Waals surface area contributed by atoms with Gasteiger partial charge in [0.25, 0.3) is 0 Å². The van der Waals surface area contributed by atoms with Gasteiger partial charge in [0.15, 0.2) is 0 Å². The molecule has 0 aliphatic heterocycles. The van der Waals surface area contributed by atoms with Crippen molar-refractivity contribution in [3.63, 3.8) is 0 Å². The fourth-order valence-corrected chi connectivity index (χ4v) is 1.01. The molecule has 0 fully saturated rings. The van der Waals surface area contributed by atoms with Crippen LogP contribution in [0.4, 0.5) is 8.78 Å². The van der Waals surface area contributed by atoms with Gasteiger partial charge in [-0.05, 0) is 6.92 Å². The second-order valence-corrected chi connectivity index (χ2v) is 2.61. The normalized spacial score (nSPS) is 13.0. The Balaban J connectivity index is 3.28. The van der Waals surface area contributed by atoms with E-state index in [9.17, 15) is 8.78 Å². The van der Waals surface area contributed by atoms with E-state index in [2.05, 4.69) is 0 Å². The summed E-state index contributed by atoms with van der Waals surface area (Å²) >= 11 is 0. The second kappa shape index (κ2) is 3.06. The number of halogens is 2. The number of hydrogen-bond acceptors (Lipinski definition) is 2. The first-order valence-corrected chi connectivity index (χ1v) is 3.46. The van der Waals surface area contributed by atoms with Crippen LogP contribution in [0, 0.1) is 11.6 Å². The van der Waals surface area contributed by atoms with Crippen molar-refractivity contribution in [1.82, 2.24) is 0 Å². The highest BCUT2D eigenvalue weighted by Gasteiger charge is 2.13. The molecule has 4 heteroatoms. The van der Waals surface area contributed by atoms with Crippen molar-refractivity contribution in [2.24, 2.45) is 5.73 Å². The van der Waals surface area contributed by atoms with Gasteiger partial charge >= 0.3 is 0 Å². The van der Waals surface area contributed by atoms with Gasteiger partial charge in [0, 0.05) is 23.7 Å². The van der Waals surface area contributed by atoms with Crippen molar-refractivity contribution < 1.29 is 13.9 Å². The average Bonchev–Trinajstić information content (AvgIpc) is 1.82. The lowest BCUT2D eigenvalue weighted by atomic mass is 10.1. The van der Waals surface area contributed by atoms with E-state index in [-0.39, 0.29) is 5.56 Å². The number of hydrogen-bond donors (Lipinski definition) is 2. The van der Waals surface area contributed by atoms with E-state index in [1.54, 1.807) is 0 Å². The Hall–Kier alpha value is -1.16. The summed E-state index contributed by atoms with van der Waals surface area (Å²) in [6.07, 6.45) is 0. The van der Waals surface area contributed by atoms with Crippen LogP contribution in [-0.4, -0.2) is 5.11 Å². The van der Waals surface area contributed by atoms with Gasteiger partial charge in [-0.1, -0.05) is 0 Å². The van der Waals surface area contributed by atoms with Gasteiger partial charge in [0.2, 0.25) is 0 Å². The number of aromatic hydroxyl groups is 1. The molecule has 2 nitrogen and oxygen atoms in total. The zero-order valence-corrected chi connectivity index (χ0v) is 6.51. The highest BCUT2D eigenvalue weighted by molar-refractivity contribution is 5.30. The van der Waals surface area contributed by atoms with E-state index in [1.807, 2.05) is 0 Å². The molecule has 0 spiro atoms. The highest BCUT2D eigenvalue weighted by atomic mass is 19.1. The Morgan fingerprint density at radius 1 is 1.33 bits per heavy atom. The molecule has 0 amide bonds. The lowest BCUT2D eigenvalue weighted by molar-refractivity contribution is 0.454. The molecule has 66 valence electrons. The molecule has 0 aliphatic rings. The third kappa shape index (κ3) is 1.53. The molecule has 0 aliphatic carbocycles. The number of benzene rings is 1. The minimum atomic E-state index is -0.817. The van der Waals surface area contributed by atoms with Crippen LogP contribution in [0.15, 0.2) is 12.1 Å². The monoisotopic (exact) mass is 173 g/mol. The van der Waals surface area contributed by atoms with Crippen molar-refractivity contribution in [3.05, 3.63) is 29.3 Å². The number of rotatable bonds is 1. The molecule has 12 heavy (non-hydrogen) atoms. The molecule has 0 saturated heterocycles. The first-order valence-electron chi connectivity index (χ1n) is 3.46. The average molecular weight is 173 g/mol. The summed E-state index contributed by atoms with van der Waals surface area (Å²) in [6, 6.07) is 0.953. The molecular weight excluding hydrogens is 164 g/mol. The minimum Gasteiger partial charge on any atom is -0.508 e. The van der Waals surface area contributed by atoms with Gasteiger partial charge in [-0.15, -0.1) is 0 Å². The summed E-state index contributed by atoms with van der Waals surface area (Å²) in [7, 11) is 0. The largest absolute Gasteiger partial charge is 0.508 e. The number of phenols is 1. The fourth-order valence-electron chi connectivity index (χ4n) is 1.01. The molecule has 3 N–H and O–H groups in total. The van der Waals surface area contributed by atoms with Crippen molar-refractivity contribution in [1.29, 1.82) is 0 Å². The van der Waals surface area contributed by atoms with Crippen molar-refractivity contribution >= 4 is 0 Å². The van der Waals surface area contributed by atoms with E-state index in [1.165, 1.54) is 6.92 Å². The van der Waals surface area contributed by atoms with Crippen LogP contribution < -0.4 is 5.73 Å². The summed E-state index contributed by atoms with van der Waals surface area (Å²) in [6.45, 7) is 1.47. The van der Waals surface area contributed by atoms with Crippen molar-refractivity contribution in [2.45, 2.75) is 13.0 Å². The Morgan fingerprint density at radius 2 is 1.75 bits per heavy atom. The van der Waals surface area contributed by atoms with Gasteiger partial charge in [-0.3, -0.25) is 0 Å². The first kappa shape index (κ1) is 8.93. The quantitative estimate of drug-likeness (QED) is 0.678. The lowest BCUT2D eigenvalue weighted by Crippen LogP contribution is -2.09. The van der Waals surface area contributed by atoms with Crippen LogP contribution in [0.2, 0.25) is 0 Å². The van der Waals surface area contributed by atoms with Crippen molar-refractivity contribution in [2.75, 3.05) is 0 Å². The van der Waals surface area contributed by atoms with Gasteiger partial charge < -0.3 is 10.8 Å². The van der Waals surface area contributed by atoms with Gasteiger partial charge in [-0.2, -0.15) is 0 Å². The van der Waals surface area contributed by atoms with Gasteiger partial charge in [-0.25, -0.2) is 8.78 Å². The topological polar surface area (TPSA) is 46.2 Å². The van der Waals surface area contributed by atoms with Crippen LogP contribution in [0.5, 0.6) is 5.75 Å². The third-order valence-corrected chi connectivity index (χ3v) is 1.52. The summed E-state index contributed by atoms with van der Waals surface area (Å²) in [5, 5.41) is 8.78. The Morgan fingerprint density at radius 3 is 2.08 bits per heavy atom. The predicted molar refractivity (Wildman–Crippen MR) is 40.6 cm³/mol. The lowest BCUT2D eigenvalue weighted by Gasteiger charge is -2.08. The standard InChI is InChI=1S/C8H9F2NO/c1-4(11)8-6(9)2-5(12)3-7(8)10/h2-4,12H,11H2,1H3. The summed E-state index contributed by atoms with van der Waals surface area (Å²) in [5.74, 6) is -2.07. The summed E-state index contributed by atoms with van der Waals surface area (Å²) in [4.78, 5) is 0. The van der Waals surface area contributed by atoms with Crippen molar-refractivity contribution in [3.8, 4) is 5.75 Å². The van der Waals surface area contributed by atoms with Crippen LogP contribution in [0.1, 0.15) is 18.5 Å². The van der Waals surface area contributed by atoms with E-state index in [0.29, 0.717) is 0 Å². The zero-order valence-electron chi connectivity index (χ0n) is 6.51. The van der Waals surface area contributed by atoms with Crippen LogP contribution in [0.3, 0.4) is 0 Å². The molecule has 0 saturated carbocycles. The first-order chi connectivity index (χ1) is 5.52. The Bertz CT molecular complexity index is 276. The SMILES string of the molecule is CC(N)c1c(F)cc(O)cc1F. The second-order valence-electron chi connectivity index (χ2n) is 2.61. The molecule has 0 aromatic heterocycles. The molecule has 1 atom stereocenters. The fraction of sp³-hybridized carbons (Fsp3) is 0.250. The zero-order chi connectivity index (χ0) is 9.30. The van der Waals surface area contributed by atoms with E-state index < -0.39 is 23.4 Å². The predicted octanol–water partition coefficient (Wildman–Crippen LogP) is 1.69. The number of nitrogens with two attached hydrogens (primary N) is 1. The maximum atomic E-state index is 12.9. The smallest absolute Gasteiger partial charge is 0.134 e. The van der Waals surface area contributed by atoms with Crippen LogP contribution >= 0.6 is 0 Å². The van der Waals surface area contributed by atoms with E-state index in [0.717, 1.165) is 12.1 Å². The molecular formula is C8H9F2NO. The van der Waals surface area contributed by atoms with E-state index >= 15 is 0 Å². The molecule has 0 heterocycles. The van der Waals surface area contributed by atoms with Gasteiger partial charge in [0.05, 0.1) is 0 Å². The Labute approximate surface area is 68.6 Å². The van der Waals surface area contributed by atoms with Crippen LogP contribution in [0.25, 0.3) is 0 Å². The molecule has 0 radical (unpaired) electrons. The molecule has 0 bridgehead atoms. The molecule has 1 rings (SSSR count). The molecule has 1 aromatic carbocycles.